The van der Waals surface area contributed by atoms with Crippen LogP contribution in [0.1, 0.15) is 25.8 Å². The fourth-order valence-electron chi connectivity index (χ4n) is 1.58. The maximum absolute atomic E-state index is 12.6. The number of halogens is 4. The number of anilines is 1. The molecule has 0 aromatic heterocycles. The minimum absolute atomic E-state index is 0.0271. The van der Waals surface area contributed by atoms with E-state index in [2.05, 4.69) is 24.5 Å². The van der Waals surface area contributed by atoms with Gasteiger partial charge in [0.25, 0.3) is 0 Å². The predicted octanol–water partition coefficient (Wildman–Crippen LogP) is 3.93. The Morgan fingerprint density at radius 2 is 2.00 bits per heavy atom. The van der Waals surface area contributed by atoms with Gasteiger partial charge in [0.15, 0.2) is 0 Å². The van der Waals surface area contributed by atoms with Crippen LogP contribution in [0.5, 0.6) is 0 Å². The van der Waals surface area contributed by atoms with Gasteiger partial charge in [-0.3, -0.25) is 4.79 Å². The summed E-state index contributed by atoms with van der Waals surface area (Å²) in [6, 6.07) is 2.82. The molecule has 0 fully saturated rings. The SMILES string of the molecule is CC(C)CCNCC(=O)Nc1cc(C(F)(F)F)ccc1Cl. The zero-order valence-corrected chi connectivity index (χ0v) is 12.6. The summed E-state index contributed by atoms with van der Waals surface area (Å²) >= 11 is 5.79. The molecule has 0 saturated carbocycles. The summed E-state index contributed by atoms with van der Waals surface area (Å²) in [5, 5.41) is 5.37. The fourth-order valence-corrected chi connectivity index (χ4v) is 1.75. The van der Waals surface area contributed by atoms with Crippen LogP contribution >= 0.6 is 11.6 Å². The van der Waals surface area contributed by atoms with Crippen molar-refractivity contribution in [3.8, 4) is 0 Å². The van der Waals surface area contributed by atoms with Gasteiger partial charge >= 0.3 is 6.18 Å². The van der Waals surface area contributed by atoms with Crippen molar-refractivity contribution in [1.29, 1.82) is 0 Å². The molecule has 0 unspecified atom stereocenters. The highest BCUT2D eigenvalue weighted by Gasteiger charge is 2.31. The molecular formula is C14H18ClF3N2O. The fraction of sp³-hybridized carbons (Fsp3) is 0.500. The van der Waals surface area contributed by atoms with Crippen LogP contribution in [-0.4, -0.2) is 19.0 Å². The number of hydrogen-bond donors (Lipinski definition) is 2. The lowest BCUT2D eigenvalue weighted by atomic mass is 10.1. The minimum atomic E-state index is -4.47. The molecule has 0 spiro atoms. The first-order valence-electron chi connectivity index (χ1n) is 6.57. The quantitative estimate of drug-likeness (QED) is 0.779. The zero-order chi connectivity index (χ0) is 16.0. The van der Waals surface area contributed by atoms with Crippen LogP contribution in [0, 0.1) is 5.92 Å². The lowest BCUT2D eigenvalue weighted by Gasteiger charge is -2.12. The third-order valence-corrected chi connectivity index (χ3v) is 3.08. The average molecular weight is 323 g/mol. The predicted molar refractivity (Wildman–Crippen MR) is 77.4 cm³/mol. The van der Waals surface area contributed by atoms with Crippen LogP contribution in [0.25, 0.3) is 0 Å². The van der Waals surface area contributed by atoms with Gasteiger partial charge in [-0.25, -0.2) is 0 Å². The Morgan fingerprint density at radius 1 is 1.33 bits per heavy atom. The van der Waals surface area contributed by atoms with Crippen molar-refractivity contribution in [2.24, 2.45) is 5.92 Å². The molecule has 3 nitrogen and oxygen atoms in total. The first kappa shape index (κ1) is 17.8. The Kier molecular flexibility index (Phi) is 6.48. The van der Waals surface area contributed by atoms with E-state index in [0.717, 1.165) is 24.6 Å². The number of alkyl halides is 3. The molecule has 21 heavy (non-hydrogen) atoms. The van der Waals surface area contributed by atoms with Gasteiger partial charge in [0.05, 0.1) is 22.8 Å². The van der Waals surface area contributed by atoms with Crippen molar-refractivity contribution in [2.45, 2.75) is 26.4 Å². The Bertz CT molecular complexity index is 490. The van der Waals surface area contributed by atoms with Gasteiger partial charge in [-0.15, -0.1) is 0 Å². The van der Waals surface area contributed by atoms with Crippen LogP contribution in [0.15, 0.2) is 18.2 Å². The number of amides is 1. The highest BCUT2D eigenvalue weighted by molar-refractivity contribution is 6.33. The largest absolute Gasteiger partial charge is 0.416 e. The van der Waals surface area contributed by atoms with E-state index >= 15 is 0 Å². The lowest BCUT2D eigenvalue weighted by Crippen LogP contribution is -2.29. The van der Waals surface area contributed by atoms with Crippen LogP contribution in [0.2, 0.25) is 5.02 Å². The van der Waals surface area contributed by atoms with E-state index in [0.29, 0.717) is 12.5 Å². The monoisotopic (exact) mass is 322 g/mol. The van der Waals surface area contributed by atoms with E-state index in [1.54, 1.807) is 0 Å². The van der Waals surface area contributed by atoms with E-state index in [1.165, 1.54) is 0 Å². The third kappa shape index (κ3) is 6.35. The normalized spacial score (nSPS) is 11.8. The summed E-state index contributed by atoms with van der Waals surface area (Å²) in [5.41, 5.74) is -0.892. The molecule has 1 amide bonds. The minimum Gasteiger partial charge on any atom is -0.324 e. The zero-order valence-electron chi connectivity index (χ0n) is 11.9. The average Bonchev–Trinajstić information content (AvgIpc) is 2.36. The van der Waals surface area contributed by atoms with Gasteiger partial charge < -0.3 is 10.6 Å². The number of rotatable bonds is 6. The molecule has 1 aromatic carbocycles. The molecule has 0 aliphatic heterocycles. The van der Waals surface area contributed by atoms with Gasteiger partial charge in [-0.05, 0) is 37.1 Å². The highest BCUT2D eigenvalue weighted by atomic mass is 35.5. The second kappa shape index (κ2) is 7.66. The van der Waals surface area contributed by atoms with Crippen LogP contribution in [0.4, 0.5) is 18.9 Å². The summed E-state index contributed by atoms with van der Waals surface area (Å²) < 4.78 is 37.8. The molecule has 1 aromatic rings. The highest BCUT2D eigenvalue weighted by Crippen LogP contribution is 2.33. The molecule has 118 valence electrons. The van der Waals surface area contributed by atoms with E-state index in [9.17, 15) is 18.0 Å². The van der Waals surface area contributed by atoms with E-state index in [-0.39, 0.29) is 17.3 Å². The molecule has 0 saturated heterocycles. The van der Waals surface area contributed by atoms with Crippen molar-refractivity contribution < 1.29 is 18.0 Å². The summed E-state index contributed by atoms with van der Waals surface area (Å²) in [5.74, 6) is 0.0819. The van der Waals surface area contributed by atoms with E-state index < -0.39 is 17.6 Å². The van der Waals surface area contributed by atoms with Crippen molar-refractivity contribution in [3.05, 3.63) is 28.8 Å². The van der Waals surface area contributed by atoms with Crippen molar-refractivity contribution >= 4 is 23.2 Å². The van der Waals surface area contributed by atoms with Gasteiger partial charge in [0, 0.05) is 0 Å². The molecule has 0 atom stereocenters. The summed E-state index contributed by atoms with van der Waals surface area (Å²) in [6.45, 7) is 4.81. The molecule has 0 aliphatic rings. The summed E-state index contributed by atoms with van der Waals surface area (Å²) in [7, 11) is 0. The van der Waals surface area contributed by atoms with Crippen molar-refractivity contribution in [1.82, 2.24) is 5.32 Å². The summed E-state index contributed by atoms with van der Waals surface area (Å²) in [6.07, 6.45) is -3.56. The Balaban J connectivity index is 2.59. The maximum atomic E-state index is 12.6. The first-order chi connectivity index (χ1) is 9.70. The van der Waals surface area contributed by atoms with Gasteiger partial charge in [0.2, 0.25) is 5.91 Å². The Morgan fingerprint density at radius 3 is 2.57 bits per heavy atom. The Hall–Kier alpha value is -1.27. The van der Waals surface area contributed by atoms with Crippen LogP contribution in [0.3, 0.4) is 0 Å². The number of carbonyl (C=O) groups excluding carboxylic acids is 1. The van der Waals surface area contributed by atoms with Crippen LogP contribution in [-0.2, 0) is 11.0 Å². The van der Waals surface area contributed by atoms with Gasteiger partial charge in [-0.2, -0.15) is 13.2 Å². The molecular weight excluding hydrogens is 305 g/mol. The number of benzene rings is 1. The molecule has 1 rings (SSSR count). The number of hydrogen-bond acceptors (Lipinski definition) is 2. The smallest absolute Gasteiger partial charge is 0.324 e. The lowest BCUT2D eigenvalue weighted by molar-refractivity contribution is -0.137. The molecule has 0 bridgehead atoms. The number of nitrogens with one attached hydrogen (secondary N) is 2. The van der Waals surface area contributed by atoms with Crippen LogP contribution < -0.4 is 10.6 Å². The molecule has 7 heteroatoms. The van der Waals surface area contributed by atoms with Gasteiger partial charge in [0.1, 0.15) is 0 Å². The second-order valence-corrected chi connectivity index (χ2v) is 5.51. The molecule has 0 aliphatic carbocycles. The van der Waals surface area contributed by atoms with Gasteiger partial charge in [-0.1, -0.05) is 25.4 Å². The molecule has 0 radical (unpaired) electrons. The Labute approximate surface area is 126 Å². The number of carbonyl (C=O) groups is 1. The van der Waals surface area contributed by atoms with Crippen molar-refractivity contribution in [3.63, 3.8) is 0 Å². The molecule has 0 heterocycles. The second-order valence-electron chi connectivity index (χ2n) is 5.10. The standard InChI is InChI=1S/C14H18ClF3N2O/c1-9(2)5-6-19-8-13(21)20-12-7-10(14(16,17)18)3-4-11(12)15/h3-4,7,9,19H,5-6,8H2,1-2H3,(H,20,21). The van der Waals surface area contributed by atoms with Crippen molar-refractivity contribution in [2.75, 3.05) is 18.4 Å². The topological polar surface area (TPSA) is 41.1 Å². The first-order valence-corrected chi connectivity index (χ1v) is 6.95. The third-order valence-electron chi connectivity index (χ3n) is 2.75. The van der Waals surface area contributed by atoms with E-state index in [1.807, 2.05) is 0 Å². The summed E-state index contributed by atoms with van der Waals surface area (Å²) in [4.78, 5) is 11.7. The molecule has 2 N–H and O–H groups in total. The van der Waals surface area contributed by atoms with E-state index in [4.69, 9.17) is 11.6 Å². The maximum Gasteiger partial charge on any atom is 0.416 e.